The summed E-state index contributed by atoms with van der Waals surface area (Å²) in [4.78, 5) is 23.1. The zero-order chi connectivity index (χ0) is 15.0. The lowest BCUT2D eigenvalue weighted by atomic mass is 10.1. The van der Waals surface area contributed by atoms with Gasteiger partial charge in [0.25, 0.3) is 0 Å². The van der Waals surface area contributed by atoms with Gasteiger partial charge in [-0.3, -0.25) is 0 Å². The van der Waals surface area contributed by atoms with Crippen LogP contribution < -0.4 is 4.74 Å². The number of benzene rings is 1. The summed E-state index contributed by atoms with van der Waals surface area (Å²) in [6.07, 6.45) is 2.77. The van der Waals surface area contributed by atoms with Gasteiger partial charge in [0.2, 0.25) is 0 Å². The summed E-state index contributed by atoms with van der Waals surface area (Å²) < 4.78 is 14.9. The second kappa shape index (κ2) is 7.99. The van der Waals surface area contributed by atoms with E-state index in [1.54, 1.807) is 32.0 Å². The first kappa shape index (κ1) is 15.8. The zero-order valence-electron chi connectivity index (χ0n) is 11.8. The van der Waals surface area contributed by atoms with Crippen molar-refractivity contribution in [1.29, 1.82) is 0 Å². The summed E-state index contributed by atoms with van der Waals surface area (Å²) in [7, 11) is 1.53. The van der Waals surface area contributed by atoms with E-state index in [9.17, 15) is 9.59 Å². The first-order chi connectivity index (χ1) is 9.62. The van der Waals surface area contributed by atoms with Gasteiger partial charge in [0.15, 0.2) is 0 Å². The van der Waals surface area contributed by atoms with E-state index in [4.69, 9.17) is 14.2 Å². The van der Waals surface area contributed by atoms with E-state index < -0.39 is 11.9 Å². The normalized spacial score (nSPS) is 10.3. The van der Waals surface area contributed by atoms with Crippen LogP contribution in [0.3, 0.4) is 0 Å². The van der Waals surface area contributed by atoms with Gasteiger partial charge in [0, 0.05) is 6.08 Å². The van der Waals surface area contributed by atoms with Gasteiger partial charge in [-0.2, -0.15) is 0 Å². The molecule has 0 radical (unpaired) electrons. The summed E-state index contributed by atoms with van der Waals surface area (Å²) in [5.74, 6) is -0.328. The molecule has 0 aliphatic carbocycles. The van der Waals surface area contributed by atoms with Gasteiger partial charge in [-0.25, -0.2) is 9.59 Å². The lowest BCUT2D eigenvalue weighted by Crippen LogP contribution is -2.07. The first-order valence-corrected chi connectivity index (χ1v) is 6.32. The number of hydrogen-bond donors (Lipinski definition) is 0. The van der Waals surface area contributed by atoms with Crippen molar-refractivity contribution in [2.24, 2.45) is 0 Å². The predicted molar refractivity (Wildman–Crippen MR) is 74.6 cm³/mol. The van der Waals surface area contributed by atoms with Crippen molar-refractivity contribution in [3.8, 4) is 5.75 Å². The standard InChI is InChI=1S/C15H18O5/c1-4-19-14(16)9-6-11-10-12(18-3)7-8-13(11)15(17)20-5-2/h6-10H,4-5H2,1-3H3/b9-6+. The SMILES string of the molecule is CCOC(=O)/C=C/c1cc(OC)ccc1C(=O)OCC. The van der Waals surface area contributed by atoms with Crippen molar-refractivity contribution < 1.29 is 23.8 Å². The number of hydrogen-bond acceptors (Lipinski definition) is 5. The van der Waals surface area contributed by atoms with Crippen LogP contribution in [-0.2, 0) is 14.3 Å². The first-order valence-electron chi connectivity index (χ1n) is 6.32. The van der Waals surface area contributed by atoms with Crippen molar-refractivity contribution in [3.05, 3.63) is 35.4 Å². The van der Waals surface area contributed by atoms with Gasteiger partial charge in [0.05, 0.1) is 25.9 Å². The maximum atomic E-state index is 11.8. The molecule has 1 aromatic rings. The van der Waals surface area contributed by atoms with Crippen molar-refractivity contribution in [1.82, 2.24) is 0 Å². The highest BCUT2D eigenvalue weighted by Crippen LogP contribution is 2.20. The number of rotatable bonds is 6. The molecule has 5 nitrogen and oxygen atoms in total. The van der Waals surface area contributed by atoms with Crippen molar-refractivity contribution in [2.45, 2.75) is 13.8 Å². The molecule has 0 bridgehead atoms. The van der Waals surface area contributed by atoms with Crippen LogP contribution in [0.15, 0.2) is 24.3 Å². The molecule has 0 heterocycles. The Labute approximate surface area is 118 Å². The number of ether oxygens (including phenoxy) is 3. The molecule has 0 fully saturated rings. The van der Waals surface area contributed by atoms with E-state index in [2.05, 4.69) is 0 Å². The Kier molecular flexibility index (Phi) is 6.29. The van der Waals surface area contributed by atoms with E-state index in [0.29, 0.717) is 23.5 Å². The molecule has 5 heteroatoms. The molecule has 0 saturated carbocycles. The highest BCUT2D eigenvalue weighted by molar-refractivity contribution is 5.96. The molecule has 0 saturated heterocycles. The van der Waals surface area contributed by atoms with Crippen LogP contribution in [0.4, 0.5) is 0 Å². The molecule has 1 rings (SSSR count). The molecular weight excluding hydrogens is 260 g/mol. The van der Waals surface area contributed by atoms with Crippen LogP contribution in [0.25, 0.3) is 6.08 Å². The topological polar surface area (TPSA) is 61.8 Å². The zero-order valence-corrected chi connectivity index (χ0v) is 11.8. The fourth-order valence-electron chi connectivity index (χ4n) is 1.55. The molecule has 108 valence electrons. The third-order valence-electron chi connectivity index (χ3n) is 2.44. The van der Waals surface area contributed by atoms with E-state index in [0.717, 1.165) is 0 Å². The molecule has 0 atom stereocenters. The minimum absolute atomic E-state index is 0.284. The maximum Gasteiger partial charge on any atom is 0.338 e. The fourth-order valence-corrected chi connectivity index (χ4v) is 1.55. The van der Waals surface area contributed by atoms with E-state index in [1.807, 2.05) is 0 Å². The van der Waals surface area contributed by atoms with Crippen LogP contribution in [-0.4, -0.2) is 32.3 Å². The average molecular weight is 278 g/mol. The highest BCUT2D eigenvalue weighted by atomic mass is 16.5. The summed E-state index contributed by atoms with van der Waals surface area (Å²) in [5.41, 5.74) is 0.907. The highest BCUT2D eigenvalue weighted by Gasteiger charge is 2.12. The monoisotopic (exact) mass is 278 g/mol. The van der Waals surface area contributed by atoms with Crippen LogP contribution >= 0.6 is 0 Å². The molecular formula is C15H18O5. The Bertz CT molecular complexity index is 505. The van der Waals surface area contributed by atoms with E-state index >= 15 is 0 Å². The molecule has 0 aliphatic heterocycles. The lowest BCUT2D eigenvalue weighted by Gasteiger charge is -2.08. The minimum atomic E-state index is -0.467. The Morgan fingerprint density at radius 1 is 1.15 bits per heavy atom. The number of carbonyl (C=O) groups excluding carboxylic acids is 2. The third-order valence-corrected chi connectivity index (χ3v) is 2.44. The molecule has 1 aromatic carbocycles. The quantitative estimate of drug-likeness (QED) is 0.591. The van der Waals surface area contributed by atoms with Gasteiger partial charge < -0.3 is 14.2 Å². The molecule has 0 aliphatic rings. The predicted octanol–water partition coefficient (Wildman–Crippen LogP) is 2.45. The third kappa shape index (κ3) is 4.42. The second-order valence-electron chi connectivity index (χ2n) is 3.76. The van der Waals surface area contributed by atoms with E-state index in [-0.39, 0.29) is 6.61 Å². The molecule has 0 amide bonds. The van der Waals surface area contributed by atoms with Crippen LogP contribution in [0, 0.1) is 0 Å². The number of esters is 2. The smallest absolute Gasteiger partial charge is 0.338 e. The summed E-state index contributed by atoms with van der Waals surface area (Å²) in [5, 5.41) is 0. The Balaban J connectivity index is 3.06. The van der Waals surface area contributed by atoms with Crippen LogP contribution in [0.2, 0.25) is 0 Å². The van der Waals surface area contributed by atoms with Crippen molar-refractivity contribution in [3.63, 3.8) is 0 Å². The minimum Gasteiger partial charge on any atom is -0.497 e. The van der Waals surface area contributed by atoms with Gasteiger partial charge in [-0.15, -0.1) is 0 Å². The fraction of sp³-hybridized carbons (Fsp3) is 0.333. The van der Waals surface area contributed by atoms with Crippen molar-refractivity contribution in [2.75, 3.05) is 20.3 Å². The number of carbonyl (C=O) groups is 2. The Morgan fingerprint density at radius 2 is 1.85 bits per heavy atom. The maximum absolute atomic E-state index is 11.8. The van der Waals surface area contributed by atoms with Gasteiger partial charge in [-0.1, -0.05) is 0 Å². The van der Waals surface area contributed by atoms with Crippen LogP contribution in [0.5, 0.6) is 5.75 Å². The molecule has 0 aromatic heterocycles. The molecule has 0 spiro atoms. The van der Waals surface area contributed by atoms with Gasteiger partial charge in [-0.05, 0) is 43.7 Å². The molecule has 20 heavy (non-hydrogen) atoms. The Morgan fingerprint density at radius 3 is 2.45 bits per heavy atom. The Hall–Kier alpha value is -2.30. The largest absolute Gasteiger partial charge is 0.497 e. The van der Waals surface area contributed by atoms with E-state index in [1.165, 1.54) is 19.3 Å². The molecule has 0 N–H and O–H groups in total. The second-order valence-corrected chi connectivity index (χ2v) is 3.76. The number of methoxy groups -OCH3 is 1. The summed E-state index contributed by atoms with van der Waals surface area (Å²) >= 11 is 0. The molecule has 0 unspecified atom stereocenters. The van der Waals surface area contributed by atoms with Crippen LogP contribution in [0.1, 0.15) is 29.8 Å². The summed E-state index contributed by atoms with van der Waals surface area (Å²) in [6, 6.07) is 4.91. The summed E-state index contributed by atoms with van der Waals surface area (Å²) in [6.45, 7) is 4.04. The van der Waals surface area contributed by atoms with Crippen molar-refractivity contribution >= 4 is 18.0 Å². The van der Waals surface area contributed by atoms with Gasteiger partial charge in [0.1, 0.15) is 5.75 Å². The average Bonchev–Trinajstić information content (AvgIpc) is 2.45. The van der Waals surface area contributed by atoms with Gasteiger partial charge >= 0.3 is 11.9 Å². The lowest BCUT2D eigenvalue weighted by molar-refractivity contribution is -0.137.